The Bertz CT molecular complexity index is 1270. The third-order valence-corrected chi connectivity index (χ3v) is 6.37. The monoisotopic (exact) mass is 470 g/mol. The molecule has 7 nitrogen and oxygen atoms in total. The quantitative estimate of drug-likeness (QED) is 0.447. The van der Waals surface area contributed by atoms with Crippen LogP contribution in [-0.2, 0) is 14.8 Å². The van der Waals surface area contributed by atoms with Gasteiger partial charge in [0.05, 0.1) is 17.7 Å². The summed E-state index contributed by atoms with van der Waals surface area (Å²) in [6.45, 7) is 1.64. The number of benzene rings is 3. The number of rotatable bonds is 9. The number of methoxy groups -OCH3 is 1. The summed E-state index contributed by atoms with van der Waals surface area (Å²) in [6, 6.07) is 16.2. The van der Waals surface area contributed by atoms with Crippen molar-refractivity contribution < 1.29 is 27.1 Å². The van der Waals surface area contributed by atoms with Crippen molar-refractivity contribution in [2.45, 2.75) is 24.7 Å². The molecule has 3 aromatic rings. The summed E-state index contributed by atoms with van der Waals surface area (Å²) in [5.41, 5.74) is 1.37. The molecule has 3 aromatic carbocycles. The Labute approximate surface area is 191 Å². The molecule has 0 aliphatic carbocycles. The number of hydrogen-bond acceptors (Lipinski definition) is 5. The molecule has 0 bridgehead atoms. The highest BCUT2D eigenvalue weighted by atomic mass is 32.2. The summed E-state index contributed by atoms with van der Waals surface area (Å²) in [7, 11) is -2.53. The van der Waals surface area contributed by atoms with Crippen LogP contribution >= 0.6 is 0 Å². The van der Waals surface area contributed by atoms with Crippen molar-refractivity contribution in [3.63, 3.8) is 0 Å². The first kappa shape index (κ1) is 23.9. The highest BCUT2D eigenvalue weighted by Gasteiger charge is 2.20. The number of Topliss-reactive ketones (excluding diaryl/α,β-unsaturated/α-hetero) is 1. The predicted molar refractivity (Wildman–Crippen MR) is 124 cm³/mol. The van der Waals surface area contributed by atoms with E-state index in [1.54, 1.807) is 43.3 Å². The molecule has 0 spiro atoms. The van der Waals surface area contributed by atoms with E-state index in [4.69, 9.17) is 4.74 Å². The number of para-hydroxylation sites is 2. The van der Waals surface area contributed by atoms with Crippen LogP contribution in [0, 0.1) is 12.7 Å². The van der Waals surface area contributed by atoms with Crippen LogP contribution in [0.4, 0.5) is 15.8 Å². The second kappa shape index (κ2) is 10.3. The van der Waals surface area contributed by atoms with E-state index in [-0.39, 0.29) is 34.9 Å². The fraction of sp³-hybridized carbons (Fsp3) is 0.167. The normalized spacial score (nSPS) is 11.0. The molecule has 0 fully saturated rings. The first-order valence-electron chi connectivity index (χ1n) is 10.0. The van der Waals surface area contributed by atoms with E-state index in [1.165, 1.54) is 37.4 Å². The van der Waals surface area contributed by atoms with Crippen molar-refractivity contribution in [1.29, 1.82) is 0 Å². The molecule has 172 valence electrons. The highest BCUT2D eigenvalue weighted by Crippen LogP contribution is 2.28. The van der Waals surface area contributed by atoms with Gasteiger partial charge in [-0.2, -0.15) is 0 Å². The number of ether oxygens (including phenoxy) is 1. The van der Waals surface area contributed by atoms with Gasteiger partial charge in [0.1, 0.15) is 11.6 Å². The molecule has 0 radical (unpaired) electrons. The summed E-state index contributed by atoms with van der Waals surface area (Å²) in [4.78, 5) is 24.5. The van der Waals surface area contributed by atoms with Crippen molar-refractivity contribution in [2.24, 2.45) is 0 Å². The number of hydrogen-bond donors (Lipinski definition) is 2. The number of halogens is 1. The Morgan fingerprint density at radius 1 is 0.970 bits per heavy atom. The van der Waals surface area contributed by atoms with Crippen molar-refractivity contribution >= 4 is 33.1 Å². The molecule has 33 heavy (non-hydrogen) atoms. The maximum Gasteiger partial charge on any atom is 0.262 e. The van der Waals surface area contributed by atoms with E-state index in [1.807, 2.05) is 0 Å². The van der Waals surface area contributed by atoms with Crippen LogP contribution < -0.4 is 14.8 Å². The molecule has 0 aliphatic rings. The Morgan fingerprint density at radius 3 is 2.36 bits per heavy atom. The third-order valence-electron chi connectivity index (χ3n) is 4.86. The first-order chi connectivity index (χ1) is 15.7. The van der Waals surface area contributed by atoms with Crippen LogP contribution in [0.1, 0.15) is 28.8 Å². The summed E-state index contributed by atoms with van der Waals surface area (Å²) in [5, 5.41) is 2.62. The average molecular weight is 471 g/mol. The topological polar surface area (TPSA) is 102 Å². The maximum absolute atomic E-state index is 13.0. The number of amides is 1. The lowest BCUT2D eigenvalue weighted by Gasteiger charge is -2.14. The van der Waals surface area contributed by atoms with Crippen LogP contribution in [0.3, 0.4) is 0 Å². The van der Waals surface area contributed by atoms with E-state index >= 15 is 0 Å². The average Bonchev–Trinajstić information content (AvgIpc) is 2.79. The van der Waals surface area contributed by atoms with E-state index in [9.17, 15) is 22.4 Å². The van der Waals surface area contributed by atoms with Gasteiger partial charge in [0.15, 0.2) is 5.78 Å². The van der Waals surface area contributed by atoms with Gasteiger partial charge in [-0.3, -0.25) is 14.3 Å². The fourth-order valence-corrected chi connectivity index (χ4v) is 4.47. The number of sulfonamides is 1. The fourth-order valence-electron chi connectivity index (χ4n) is 3.13. The van der Waals surface area contributed by atoms with Crippen molar-refractivity contribution in [2.75, 3.05) is 17.1 Å². The summed E-state index contributed by atoms with van der Waals surface area (Å²) in [6.07, 6.45) is -0.171. The minimum absolute atomic E-state index is 0.00593. The van der Waals surface area contributed by atoms with Gasteiger partial charge in [0.2, 0.25) is 5.91 Å². The van der Waals surface area contributed by atoms with Gasteiger partial charge in [-0.25, -0.2) is 12.8 Å². The number of anilines is 2. The van der Waals surface area contributed by atoms with Crippen molar-refractivity contribution in [3.8, 4) is 5.75 Å². The van der Waals surface area contributed by atoms with Gasteiger partial charge >= 0.3 is 0 Å². The van der Waals surface area contributed by atoms with Gasteiger partial charge in [-0.1, -0.05) is 18.2 Å². The number of ketones is 1. The molecular weight excluding hydrogens is 447 g/mol. The van der Waals surface area contributed by atoms with Gasteiger partial charge in [0.25, 0.3) is 10.0 Å². The van der Waals surface area contributed by atoms with Gasteiger partial charge < -0.3 is 10.1 Å². The molecule has 0 aromatic heterocycles. The molecule has 1 amide bonds. The smallest absolute Gasteiger partial charge is 0.262 e. The van der Waals surface area contributed by atoms with Gasteiger partial charge in [-0.15, -0.1) is 0 Å². The number of aryl methyl sites for hydroxylation is 1. The highest BCUT2D eigenvalue weighted by molar-refractivity contribution is 7.92. The zero-order valence-electron chi connectivity index (χ0n) is 18.1. The van der Waals surface area contributed by atoms with E-state index < -0.39 is 21.7 Å². The standard InChI is InChI=1S/C24H23FN2O5S/c1-16-7-12-19(26-24(29)14-13-21(28)17-8-10-18(25)11-9-17)15-23(16)33(30,31)27-20-5-3-4-6-22(20)32-2/h3-12,15,27H,13-14H2,1-2H3,(H,26,29). The number of carbonyl (C=O) groups excluding carboxylic acids is 2. The van der Waals surface area contributed by atoms with Crippen LogP contribution in [-0.4, -0.2) is 27.2 Å². The van der Waals surface area contributed by atoms with Gasteiger partial charge in [-0.05, 0) is 61.0 Å². The summed E-state index contributed by atoms with van der Waals surface area (Å²) < 4.78 is 46.6. The zero-order chi connectivity index (χ0) is 24.0. The minimum Gasteiger partial charge on any atom is -0.495 e. The van der Waals surface area contributed by atoms with Crippen LogP contribution in [0.5, 0.6) is 5.75 Å². The Morgan fingerprint density at radius 2 is 1.67 bits per heavy atom. The second-order valence-corrected chi connectivity index (χ2v) is 8.92. The lowest BCUT2D eigenvalue weighted by atomic mass is 10.1. The Balaban J connectivity index is 1.69. The van der Waals surface area contributed by atoms with E-state index in [0.29, 0.717) is 16.9 Å². The van der Waals surface area contributed by atoms with Crippen LogP contribution in [0.15, 0.2) is 71.6 Å². The number of carbonyl (C=O) groups is 2. The maximum atomic E-state index is 13.0. The minimum atomic E-state index is -3.97. The molecule has 0 heterocycles. The van der Waals surface area contributed by atoms with E-state index in [0.717, 1.165) is 0 Å². The largest absolute Gasteiger partial charge is 0.495 e. The molecule has 9 heteroatoms. The second-order valence-electron chi connectivity index (χ2n) is 7.26. The van der Waals surface area contributed by atoms with Gasteiger partial charge in [0, 0.05) is 24.1 Å². The molecular formula is C24H23FN2O5S. The van der Waals surface area contributed by atoms with Crippen LogP contribution in [0.25, 0.3) is 0 Å². The van der Waals surface area contributed by atoms with Crippen molar-refractivity contribution in [3.05, 3.63) is 83.7 Å². The first-order valence-corrected chi connectivity index (χ1v) is 11.5. The van der Waals surface area contributed by atoms with Crippen LogP contribution in [0.2, 0.25) is 0 Å². The Hall–Kier alpha value is -3.72. The summed E-state index contributed by atoms with van der Waals surface area (Å²) >= 11 is 0. The molecule has 0 aliphatic heterocycles. The molecule has 0 unspecified atom stereocenters. The molecule has 3 rings (SSSR count). The lowest BCUT2D eigenvalue weighted by molar-refractivity contribution is -0.116. The molecule has 0 saturated heterocycles. The zero-order valence-corrected chi connectivity index (χ0v) is 18.9. The summed E-state index contributed by atoms with van der Waals surface area (Å²) in [5.74, 6) is -0.822. The number of nitrogens with one attached hydrogen (secondary N) is 2. The predicted octanol–water partition coefficient (Wildman–Crippen LogP) is 4.55. The van der Waals surface area contributed by atoms with E-state index in [2.05, 4.69) is 10.0 Å². The third kappa shape index (κ3) is 6.17. The lowest BCUT2D eigenvalue weighted by Crippen LogP contribution is -2.17. The Kier molecular flexibility index (Phi) is 7.44. The SMILES string of the molecule is COc1ccccc1NS(=O)(=O)c1cc(NC(=O)CCC(=O)c2ccc(F)cc2)ccc1C. The van der Waals surface area contributed by atoms with Crippen molar-refractivity contribution in [1.82, 2.24) is 0 Å². The molecule has 2 N–H and O–H groups in total. The molecule has 0 atom stereocenters. The molecule has 0 saturated carbocycles.